The molecule has 0 aliphatic rings. The molecule has 5 aromatic rings. The third kappa shape index (κ3) is 5.58. The van der Waals surface area contributed by atoms with Crippen molar-refractivity contribution in [1.82, 2.24) is 25.0 Å². The lowest BCUT2D eigenvalue weighted by molar-refractivity contribution is -0.113. The summed E-state index contributed by atoms with van der Waals surface area (Å²) in [7, 11) is 0. The van der Waals surface area contributed by atoms with Crippen LogP contribution in [0.1, 0.15) is 11.1 Å². The van der Waals surface area contributed by atoms with Gasteiger partial charge in [-0.2, -0.15) is 0 Å². The third-order valence-electron chi connectivity index (χ3n) is 5.45. The van der Waals surface area contributed by atoms with Crippen LogP contribution >= 0.6 is 39.0 Å². The number of nitrogens with one attached hydrogen (secondary N) is 1. The maximum absolute atomic E-state index is 12.8. The van der Waals surface area contributed by atoms with E-state index in [1.807, 2.05) is 60.9 Å². The highest BCUT2D eigenvalue weighted by molar-refractivity contribution is 9.10. The van der Waals surface area contributed by atoms with Gasteiger partial charge in [0, 0.05) is 10.0 Å². The average molecular weight is 594 g/mol. The number of rotatable bonds is 7. The van der Waals surface area contributed by atoms with Crippen LogP contribution in [0.5, 0.6) is 5.75 Å². The van der Waals surface area contributed by atoms with Gasteiger partial charge in [0.1, 0.15) is 10.8 Å². The second-order valence-electron chi connectivity index (χ2n) is 8.21. The number of hydrogen-bond acceptors (Lipinski definition) is 8. The Morgan fingerprint density at radius 2 is 1.84 bits per heavy atom. The molecule has 3 aromatic carbocycles. The Hall–Kier alpha value is -3.54. The molecule has 37 heavy (non-hydrogen) atoms. The summed E-state index contributed by atoms with van der Waals surface area (Å²) in [6, 6.07) is 20.9. The molecule has 2 heterocycles. The highest BCUT2D eigenvalue weighted by atomic mass is 79.9. The molecule has 186 valence electrons. The number of carbonyl (C=O) groups excluding carboxylic acids is 1. The van der Waals surface area contributed by atoms with Crippen LogP contribution in [0, 0.1) is 13.8 Å². The zero-order valence-corrected chi connectivity index (χ0v) is 23.1. The number of halogens is 1. The van der Waals surface area contributed by atoms with Gasteiger partial charge in [-0.15, -0.1) is 20.4 Å². The minimum atomic E-state index is -0.234. The van der Waals surface area contributed by atoms with E-state index in [9.17, 15) is 9.90 Å². The van der Waals surface area contributed by atoms with Gasteiger partial charge >= 0.3 is 0 Å². The van der Waals surface area contributed by atoms with Crippen LogP contribution in [0.25, 0.3) is 27.6 Å². The standard InChI is InChI=1S/C26H21BrN6O2S2/c1-15-8-10-20(16(2)12-15)33-23(19-13-18(27)9-11-21(19)34)29-32-26(33)36-14-22(35)28-25-31-30-24(37-25)17-6-4-3-5-7-17/h3-13,34H,14H2,1-2H3,(H,28,31,35). The molecule has 0 aliphatic heterocycles. The molecular formula is C26H21BrN6O2S2. The van der Waals surface area contributed by atoms with Crippen molar-refractivity contribution in [3.8, 4) is 33.4 Å². The van der Waals surface area contributed by atoms with Gasteiger partial charge in [0.2, 0.25) is 11.0 Å². The van der Waals surface area contributed by atoms with Crippen molar-refractivity contribution < 1.29 is 9.90 Å². The van der Waals surface area contributed by atoms with Crippen LogP contribution in [-0.4, -0.2) is 41.7 Å². The summed E-state index contributed by atoms with van der Waals surface area (Å²) in [6.45, 7) is 4.04. The molecule has 0 fully saturated rings. The molecule has 8 nitrogen and oxygen atoms in total. The molecule has 2 N–H and O–H groups in total. The number of aromatic hydroxyl groups is 1. The number of carbonyl (C=O) groups is 1. The first-order chi connectivity index (χ1) is 17.9. The first kappa shape index (κ1) is 25.1. The highest BCUT2D eigenvalue weighted by Crippen LogP contribution is 2.35. The Morgan fingerprint density at radius 1 is 1.03 bits per heavy atom. The highest BCUT2D eigenvalue weighted by Gasteiger charge is 2.21. The zero-order chi connectivity index (χ0) is 25.9. The van der Waals surface area contributed by atoms with E-state index in [-0.39, 0.29) is 17.4 Å². The van der Waals surface area contributed by atoms with Crippen LogP contribution in [0.15, 0.2) is 76.4 Å². The van der Waals surface area contributed by atoms with Crippen LogP contribution in [0.4, 0.5) is 5.13 Å². The van der Waals surface area contributed by atoms with Crippen molar-refractivity contribution in [3.05, 3.63) is 82.3 Å². The second kappa shape index (κ2) is 10.8. The van der Waals surface area contributed by atoms with Crippen LogP contribution in [0.3, 0.4) is 0 Å². The molecule has 5 rings (SSSR count). The van der Waals surface area contributed by atoms with Gasteiger partial charge in [-0.25, -0.2) is 0 Å². The fraction of sp³-hybridized carbons (Fsp3) is 0.115. The van der Waals surface area contributed by atoms with E-state index in [0.29, 0.717) is 21.7 Å². The molecule has 0 atom stereocenters. The van der Waals surface area contributed by atoms with E-state index in [1.54, 1.807) is 18.2 Å². The molecule has 0 unspecified atom stereocenters. The van der Waals surface area contributed by atoms with Crippen molar-refractivity contribution in [3.63, 3.8) is 0 Å². The zero-order valence-electron chi connectivity index (χ0n) is 19.8. The molecule has 0 saturated heterocycles. The molecule has 0 bridgehead atoms. The Balaban J connectivity index is 1.40. The van der Waals surface area contributed by atoms with Crippen molar-refractivity contribution in [2.45, 2.75) is 19.0 Å². The number of aromatic nitrogens is 5. The summed E-state index contributed by atoms with van der Waals surface area (Å²) in [6.07, 6.45) is 0. The maximum atomic E-state index is 12.8. The number of nitrogens with zero attached hydrogens (tertiary/aromatic N) is 5. The van der Waals surface area contributed by atoms with E-state index >= 15 is 0 Å². The number of phenolic OH excluding ortho intramolecular Hbond substituents is 1. The van der Waals surface area contributed by atoms with Crippen LogP contribution in [-0.2, 0) is 4.79 Å². The third-order valence-corrected chi connectivity index (χ3v) is 7.76. The van der Waals surface area contributed by atoms with Gasteiger partial charge in [-0.1, -0.05) is 87.1 Å². The number of aryl methyl sites for hydroxylation is 2. The summed E-state index contributed by atoms with van der Waals surface area (Å²) in [5, 5.41) is 32.1. The Kier molecular flexibility index (Phi) is 7.36. The molecule has 2 aromatic heterocycles. The van der Waals surface area contributed by atoms with Gasteiger partial charge in [-0.3, -0.25) is 14.7 Å². The van der Waals surface area contributed by atoms with Crippen molar-refractivity contribution in [1.29, 1.82) is 0 Å². The summed E-state index contributed by atoms with van der Waals surface area (Å²) in [5.41, 5.74) is 4.48. The largest absolute Gasteiger partial charge is 0.507 e. The monoisotopic (exact) mass is 592 g/mol. The van der Waals surface area contributed by atoms with Crippen LogP contribution < -0.4 is 5.32 Å². The van der Waals surface area contributed by atoms with E-state index < -0.39 is 0 Å². The quantitative estimate of drug-likeness (QED) is 0.214. The predicted molar refractivity (Wildman–Crippen MR) is 150 cm³/mol. The van der Waals surface area contributed by atoms with Crippen molar-refractivity contribution in [2.24, 2.45) is 0 Å². The Labute approximate surface area is 229 Å². The number of amides is 1. The molecule has 0 radical (unpaired) electrons. The second-order valence-corrected chi connectivity index (χ2v) is 11.0. The molecule has 11 heteroatoms. The number of benzene rings is 3. The van der Waals surface area contributed by atoms with Gasteiger partial charge < -0.3 is 5.11 Å². The number of anilines is 1. The summed E-state index contributed by atoms with van der Waals surface area (Å²) < 4.78 is 2.67. The predicted octanol–water partition coefficient (Wildman–Crippen LogP) is 6.27. The van der Waals surface area contributed by atoms with Gasteiger partial charge in [-0.05, 0) is 43.7 Å². The van der Waals surface area contributed by atoms with E-state index in [0.717, 1.165) is 31.9 Å². The molecule has 0 aliphatic carbocycles. The molecule has 0 spiro atoms. The lowest BCUT2D eigenvalue weighted by atomic mass is 10.1. The maximum Gasteiger partial charge on any atom is 0.236 e. The Morgan fingerprint density at radius 3 is 2.62 bits per heavy atom. The minimum absolute atomic E-state index is 0.0846. The minimum Gasteiger partial charge on any atom is -0.507 e. The lowest BCUT2D eigenvalue weighted by Crippen LogP contribution is -2.14. The van der Waals surface area contributed by atoms with Crippen molar-refractivity contribution in [2.75, 3.05) is 11.1 Å². The molecular weight excluding hydrogens is 572 g/mol. The topological polar surface area (TPSA) is 106 Å². The smallest absolute Gasteiger partial charge is 0.236 e. The SMILES string of the molecule is Cc1ccc(-n2c(SCC(=O)Nc3nnc(-c4ccccc4)s3)nnc2-c2cc(Br)ccc2O)c(C)c1. The summed E-state index contributed by atoms with van der Waals surface area (Å²) in [4.78, 5) is 12.8. The first-order valence-corrected chi connectivity index (χ1v) is 13.8. The molecule has 0 saturated carbocycles. The number of hydrogen-bond donors (Lipinski definition) is 2. The average Bonchev–Trinajstić information content (AvgIpc) is 3.52. The summed E-state index contributed by atoms with van der Waals surface area (Å²) in [5.74, 6) is 0.419. The van der Waals surface area contributed by atoms with E-state index in [4.69, 9.17) is 0 Å². The Bertz CT molecular complexity index is 1590. The van der Waals surface area contributed by atoms with E-state index in [1.165, 1.54) is 23.1 Å². The fourth-order valence-corrected chi connectivity index (χ4v) is 5.63. The normalized spacial score (nSPS) is 11.0. The number of thioether (sulfide) groups is 1. The first-order valence-electron chi connectivity index (χ1n) is 11.2. The lowest BCUT2D eigenvalue weighted by Gasteiger charge is -2.14. The van der Waals surface area contributed by atoms with Crippen LogP contribution in [0.2, 0.25) is 0 Å². The fourth-order valence-electron chi connectivity index (χ4n) is 3.76. The number of phenols is 1. The molecule has 1 amide bonds. The summed E-state index contributed by atoms with van der Waals surface area (Å²) >= 11 is 6.03. The van der Waals surface area contributed by atoms with Gasteiger partial charge in [0.15, 0.2) is 11.0 Å². The van der Waals surface area contributed by atoms with Crippen molar-refractivity contribution >= 4 is 50.1 Å². The van der Waals surface area contributed by atoms with Gasteiger partial charge in [0.25, 0.3) is 0 Å². The van der Waals surface area contributed by atoms with E-state index in [2.05, 4.69) is 47.7 Å². The van der Waals surface area contributed by atoms with Gasteiger partial charge in [0.05, 0.1) is 17.0 Å².